The highest BCUT2D eigenvalue weighted by Crippen LogP contribution is 2.38. The van der Waals surface area contributed by atoms with Crippen LogP contribution in [-0.4, -0.2) is 14.7 Å². The van der Waals surface area contributed by atoms with Gasteiger partial charge in [-0.3, -0.25) is 4.72 Å². The Hall–Kier alpha value is -3.05. The molecule has 4 nitrogen and oxygen atoms in total. The van der Waals surface area contributed by atoms with Crippen molar-refractivity contribution >= 4 is 27.4 Å². The first kappa shape index (κ1) is 18.3. The van der Waals surface area contributed by atoms with Crippen molar-refractivity contribution in [2.24, 2.45) is 0 Å². The van der Waals surface area contributed by atoms with Crippen LogP contribution in [0.5, 0.6) is 5.75 Å². The van der Waals surface area contributed by atoms with Crippen LogP contribution in [-0.2, 0) is 16.6 Å². The number of ether oxygens (including phenoxy) is 1. The van der Waals surface area contributed by atoms with Gasteiger partial charge in [0.1, 0.15) is 12.4 Å². The zero-order valence-electron chi connectivity index (χ0n) is 15.8. The van der Waals surface area contributed by atoms with Crippen LogP contribution >= 0.6 is 0 Å². The second-order valence-corrected chi connectivity index (χ2v) is 8.75. The third kappa shape index (κ3) is 3.94. The summed E-state index contributed by atoms with van der Waals surface area (Å²) in [5.41, 5.74) is 6.93. The lowest BCUT2D eigenvalue weighted by atomic mass is 9.92. The summed E-state index contributed by atoms with van der Waals surface area (Å²) >= 11 is 0. The van der Waals surface area contributed by atoms with Crippen molar-refractivity contribution in [1.29, 1.82) is 0 Å². The second-order valence-electron chi connectivity index (χ2n) is 7.00. The van der Waals surface area contributed by atoms with Gasteiger partial charge in [0.25, 0.3) is 0 Å². The second kappa shape index (κ2) is 7.17. The van der Waals surface area contributed by atoms with Crippen LogP contribution in [0.2, 0.25) is 0 Å². The summed E-state index contributed by atoms with van der Waals surface area (Å²) in [6.07, 6.45) is 3.23. The molecule has 0 spiro atoms. The zero-order chi connectivity index (χ0) is 19.7. The molecule has 1 aliphatic rings. The molecule has 0 saturated carbocycles. The lowest BCUT2D eigenvalue weighted by Crippen LogP contribution is -2.09. The number of hydrogen-bond acceptors (Lipinski definition) is 3. The van der Waals surface area contributed by atoms with E-state index in [1.54, 1.807) is 6.07 Å². The van der Waals surface area contributed by atoms with E-state index < -0.39 is 10.0 Å². The SMILES string of the molecule is Cc1ccc2c(c1)/C(=C\c1cccc(NS(C)(=O)=O)c1)c1ccccc1CO2. The van der Waals surface area contributed by atoms with E-state index in [4.69, 9.17) is 4.74 Å². The standard InChI is InChI=1S/C23H21NO3S/c1-16-10-11-23-22(12-16)21(20-9-4-3-7-18(20)15-27-23)14-17-6-5-8-19(13-17)24-28(2,25)26/h3-14,24H,15H2,1-2H3/b21-14-. The summed E-state index contributed by atoms with van der Waals surface area (Å²) in [5, 5.41) is 0. The number of aryl methyl sites for hydroxylation is 1. The number of anilines is 1. The summed E-state index contributed by atoms with van der Waals surface area (Å²) in [5.74, 6) is 0.846. The van der Waals surface area contributed by atoms with Gasteiger partial charge in [-0.1, -0.05) is 48.0 Å². The molecule has 0 aromatic heterocycles. The molecule has 0 saturated heterocycles. The molecule has 3 aromatic rings. The molecule has 0 atom stereocenters. The number of sulfonamides is 1. The number of rotatable bonds is 3. The average Bonchev–Trinajstić information content (AvgIpc) is 2.78. The summed E-state index contributed by atoms with van der Waals surface area (Å²) in [6.45, 7) is 2.57. The van der Waals surface area contributed by atoms with E-state index >= 15 is 0 Å². The quantitative estimate of drug-likeness (QED) is 0.694. The van der Waals surface area contributed by atoms with Crippen LogP contribution in [0.1, 0.15) is 27.8 Å². The fourth-order valence-electron chi connectivity index (χ4n) is 3.42. The van der Waals surface area contributed by atoms with Gasteiger partial charge in [-0.25, -0.2) is 8.42 Å². The minimum Gasteiger partial charge on any atom is -0.488 e. The monoisotopic (exact) mass is 391 g/mol. The molecule has 1 heterocycles. The zero-order valence-corrected chi connectivity index (χ0v) is 16.6. The predicted molar refractivity (Wildman–Crippen MR) is 114 cm³/mol. The summed E-state index contributed by atoms with van der Waals surface area (Å²) in [7, 11) is -3.33. The number of benzene rings is 3. The van der Waals surface area contributed by atoms with Gasteiger partial charge in [-0.15, -0.1) is 0 Å². The Morgan fingerprint density at radius 2 is 1.79 bits per heavy atom. The van der Waals surface area contributed by atoms with Crippen LogP contribution in [0.25, 0.3) is 11.6 Å². The van der Waals surface area contributed by atoms with E-state index in [2.05, 4.69) is 35.9 Å². The number of hydrogen-bond donors (Lipinski definition) is 1. The summed E-state index contributed by atoms with van der Waals surface area (Å²) in [6, 6.07) is 21.8. The first-order valence-electron chi connectivity index (χ1n) is 9.01. The van der Waals surface area contributed by atoms with Gasteiger partial charge in [0, 0.05) is 11.3 Å². The maximum atomic E-state index is 11.6. The normalized spacial score (nSPS) is 14.6. The van der Waals surface area contributed by atoms with Gasteiger partial charge >= 0.3 is 0 Å². The van der Waals surface area contributed by atoms with E-state index in [9.17, 15) is 8.42 Å². The molecule has 0 radical (unpaired) electrons. The van der Waals surface area contributed by atoms with Crippen molar-refractivity contribution in [3.05, 3.63) is 94.5 Å². The Balaban J connectivity index is 1.89. The van der Waals surface area contributed by atoms with Gasteiger partial charge in [0.05, 0.1) is 6.26 Å². The molecule has 1 N–H and O–H groups in total. The Morgan fingerprint density at radius 3 is 2.61 bits per heavy atom. The molecule has 0 fully saturated rings. The van der Waals surface area contributed by atoms with Crippen LogP contribution in [0.4, 0.5) is 5.69 Å². The molecule has 5 heteroatoms. The maximum Gasteiger partial charge on any atom is 0.229 e. The molecule has 0 aliphatic carbocycles. The highest BCUT2D eigenvalue weighted by Gasteiger charge is 2.19. The van der Waals surface area contributed by atoms with Crippen LogP contribution in [0.15, 0.2) is 66.7 Å². The predicted octanol–water partition coefficient (Wildman–Crippen LogP) is 4.85. The van der Waals surface area contributed by atoms with E-state index in [-0.39, 0.29) is 0 Å². The van der Waals surface area contributed by atoms with Gasteiger partial charge in [0.15, 0.2) is 0 Å². The van der Waals surface area contributed by atoms with Crippen LogP contribution in [0.3, 0.4) is 0 Å². The van der Waals surface area contributed by atoms with Crippen molar-refractivity contribution in [2.45, 2.75) is 13.5 Å². The Bertz CT molecular complexity index is 1180. The van der Waals surface area contributed by atoms with Crippen LogP contribution in [0, 0.1) is 6.92 Å². The smallest absolute Gasteiger partial charge is 0.229 e. The molecule has 142 valence electrons. The van der Waals surface area contributed by atoms with Crippen molar-refractivity contribution < 1.29 is 13.2 Å². The maximum absolute atomic E-state index is 11.6. The third-order valence-corrected chi connectivity index (χ3v) is 5.22. The molecule has 1 aliphatic heterocycles. The fraction of sp³-hybridized carbons (Fsp3) is 0.130. The van der Waals surface area contributed by atoms with E-state index in [1.807, 2.05) is 42.5 Å². The Morgan fingerprint density at radius 1 is 0.964 bits per heavy atom. The minimum absolute atomic E-state index is 0.513. The highest BCUT2D eigenvalue weighted by molar-refractivity contribution is 7.92. The van der Waals surface area contributed by atoms with Crippen LogP contribution < -0.4 is 9.46 Å². The molecule has 0 amide bonds. The summed E-state index contributed by atoms with van der Waals surface area (Å²) in [4.78, 5) is 0. The largest absolute Gasteiger partial charge is 0.488 e. The van der Waals surface area contributed by atoms with Crippen molar-refractivity contribution in [2.75, 3.05) is 11.0 Å². The van der Waals surface area contributed by atoms with Gasteiger partial charge in [-0.2, -0.15) is 0 Å². The van der Waals surface area contributed by atoms with E-state index in [1.165, 1.54) is 0 Å². The van der Waals surface area contributed by atoms with Crippen molar-refractivity contribution in [3.8, 4) is 5.75 Å². The molecule has 3 aromatic carbocycles. The van der Waals surface area contributed by atoms with Gasteiger partial charge in [-0.05, 0) is 59.5 Å². The summed E-state index contributed by atoms with van der Waals surface area (Å²) < 4.78 is 31.7. The molecular weight excluding hydrogens is 370 g/mol. The molecular formula is C23H21NO3S. The highest BCUT2D eigenvalue weighted by atomic mass is 32.2. The Kier molecular flexibility index (Phi) is 4.69. The topological polar surface area (TPSA) is 55.4 Å². The van der Waals surface area contributed by atoms with Gasteiger partial charge in [0.2, 0.25) is 10.0 Å². The minimum atomic E-state index is -3.33. The fourth-order valence-corrected chi connectivity index (χ4v) is 3.97. The average molecular weight is 391 g/mol. The van der Waals surface area contributed by atoms with Crippen molar-refractivity contribution in [3.63, 3.8) is 0 Å². The van der Waals surface area contributed by atoms with Crippen molar-refractivity contribution in [1.82, 2.24) is 0 Å². The van der Waals surface area contributed by atoms with E-state index in [0.717, 1.165) is 45.4 Å². The number of nitrogens with one attached hydrogen (secondary N) is 1. The molecule has 0 unspecified atom stereocenters. The first-order valence-corrected chi connectivity index (χ1v) is 10.9. The lowest BCUT2D eigenvalue weighted by Gasteiger charge is -2.12. The number of fused-ring (bicyclic) bond motifs is 2. The molecule has 0 bridgehead atoms. The molecule has 28 heavy (non-hydrogen) atoms. The third-order valence-electron chi connectivity index (χ3n) is 4.62. The molecule has 4 rings (SSSR count). The van der Waals surface area contributed by atoms with Gasteiger partial charge < -0.3 is 4.74 Å². The van der Waals surface area contributed by atoms with E-state index in [0.29, 0.717) is 12.3 Å². The Labute approximate surface area is 165 Å². The first-order chi connectivity index (χ1) is 13.4. The lowest BCUT2D eigenvalue weighted by molar-refractivity contribution is 0.307.